The number of carbonyl (C=O) groups is 1. The van der Waals surface area contributed by atoms with Crippen molar-refractivity contribution in [2.75, 3.05) is 39.9 Å². The Morgan fingerprint density at radius 2 is 1.87 bits per heavy atom. The van der Waals surface area contributed by atoms with Crippen LogP contribution in [0.1, 0.15) is 83.1 Å². The molecule has 0 unspecified atom stereocenters. The van der Waals surface area contributed by atoms with Crippen LogP contribution in [-0.4, -0.2) is 61.8 Å². The Hall–Kier alpha value is -2.18. The van der Waals surface area contributed by atoms with Crippen molar-refractivity contribution in [1.82, 2.24) is 15.2 Å². The monoisotopic (exact) mass is 523 g/mol. The molecule has 4 rings (SSSR count). The van der Waals surface area contributed by atoms with Crippen LogP contribution in [0, 0.1) is 11.8 Å². The Bertz CT molecular complexity index is 981. The first-order valence-electron chi connectivity index (χ1n) is 15.2. The average Bonchev–Trinajstić information content (AvgIpc) is 2.95. The highest BCUT2D eigenvalue weighted by atomic mass is 16.5. The van der Waals surface area contributed by atoms with Crippen LogP contribution in [0.15, 0.2) is 30.5 Å². The van der Waals surface area contributed by atoms with Crippen molar-refractivity contribution in [1.29, 1.82) is 0 Å². The number of amides is 1. The smallest absolute Gasteiger partial charge is 0.223 e. The van der Waals surface area contributed by atoms with Gasteiger partial charge in [-0.1, -0.05) is 32.3 Å². The number of pyridine rings is 1. The third-order valence-corrected chi connectivity index (χ3v) is 8.44. The molecule has 0 spiro atoms. The number of rotatable bonds is 14. The van der Waals surface area contributed by atoms with Crippen molar-refractivity contribution in [2.24, 2.45) is 11.8 Å². The molecule has 210 valence electrons. The standard InChI is InChI=1S/C32H49N3O3/c1-3-4-5-6-9-26-22-28-10-7-17-33-31(28)30(23-26)38-29-15-19-35(20-16-29)24-25-11-13-27(14-12-25)32(36)34-18-8-21-37-2/h7,10,17,22-23,25,27,29H,3-6,8-9,11-16,18-21,24H2,1-2H3,(H,34,36). The number of aryl methyl sites for hydroxylation is 1. The van der Waals surface area contributed by atoms with E-state index in [0.717, 1.165) is 88.8 Å². The third-order valence-electron chi connectivity index (χ3n) is 8.44. The van der Waals surface area contributed by atoms with Crippen molar-refractivity contribution in [2.45, 2.75) is 90.1 Å². The largest absolute Gasteiger partial charge is 0.488 e. The normalized spacial score (nSPS) is 21.0. The summed E-state index contributed by atoms with van der Waals surface area (Å²) in [5.41, 5.74) is 2.36. The topological polar surface area (TPSA) is 63.7 Å². The van der Waals surface area contributed by atoms with Gasteiger partial charge in [-0.15, -0.1) is 0 Å². The second-order valence-electron chi connectivity index (χ2n) is 11.5. The van der Waals surface area contributed by atoms with E-state index in [1.165, 1.54) is 36.6 Å². The number of aromatic nitrogens is 1. The van der Waals surface area contributed by atoms with E-state index < -0.39 is 0 Å². The molecule has 1 N–H and O–H groups in total. The zero-order valence-electron chi connectivity index (χ0n) is 23.8. The lowest BCUT2D eigenvalue weighted by molar-refractivity contribution is -0.126. The van der Waals surface area contributed by atoms with Crippen molar-refractivity contribution in [3.63, 3.8) is 0 Å². The van der Waals surface area contributed by atoms with Gasteiger partial charge in [-0.3, -0.25) is 9.78 Å². The average molecular weight is 524 g/mol. The summed E-state index contributed by atoms with van der Waals surface area (Å²) >= 11 is 0. The first-order valence-corrected chi connectivity index (χ1v) is 15.2. The van der Waals surface area contributed by atoms with Crippen LogP contribution in [0.25, 0.3) is 10.9 Å². The maximum Gasteiger partial charge on any atom is 0.223 e. The second kappa shape index (κ2) is 15.4. The minimum absolute atomic E-state index is 0.193. The molecular formula is C32H49N3O3. The van der Waals surface area contributed by atoms with E-state index in [2.05, 4.69) is 40.3 Å². The molecular weight excluding hydrogens is 474 g/mol. The van der Waals surface area contributed by atoms with Crippen molar-refractivity contribution < 1.29 is 14.3 Å². The molecule has 6 heteroatoms. The van der Waals surface area contributed by atoms with Gasteiger partial charge in [0.2, 0.25) is 5.91 Å². The van der Waals surface area contributed by atoms with Crippen LogP contribution < -0.4 is 10.1 Å². The van der Waals surface area contributed by atoms with E-state index in [9.17, 15) is 4.79 Å². The molecule has 1 aromatic heterocycles. The highest BCUT2D eigenvalue weighted by Gasteiger charge is 2.29. The predicted molar refractivity (Wildman–Crippen MR) is 155 cm³/mol. The van der Waals surface area contributed by atoms with Crippen LogP contribution in [-0.2, 0) is 16.0 Å². The molecule has 2 aliphatic rings. The number of hydrogen-bond donors (Lipinski definition) is 1. The minimum atomic E-state index is 0.193. The number of carbonyl (C=O) groups excluding carboxylic acids is 1. The first kappa shape index (κ1) is 28.8. The molecule has 0 radical (unpaired) electrons. The van der Waals surface area contributed by atoms with Gasteiger partial charge < -0.3 is 19.7 Å². The molecule has 2 heterocycles. The summed E-state index contributed by atoms with van der Waals surface area (Å²) in [7, 11) is 1.70. The number of nitrogens with zero attached hydrogens (tertiary/aromatic N) is 2. The van der Waals surface area contributed by atoms with Gasteiger partial charge in [0.05, 0.1) is 0 Å². The fraction of sp³-hybridized carbons (Fsp3) is 0.688. The third kappa shape index (κ3) is 8.67. The van der Waals surface area contributed by atoms with E-state index in [-0.39, 0.29) is 17.9 Å². The molecule has 1 aliphatic carbocycles. The number of piperidine rings is 1. The molecule has 1 amide bonds. The van der Waals surface area contributed by atoms with Crippen LogP contribution in [0.4, 0.5) is 0 Å². The summed E-state index contributed by atoms with van der Waals surface area (Å²) in [6.07, 6.45) is 15.7. The lowest BCUT2D eigenvalue weighted by Gasteiger charge is -2.36. The fourth-order valence-electron chi connectivity index (χ4n) is 6.14. The SMILES string of the molecule is CCCCCCc1cc(OC2CCN(CC3CCC(C(=O)NCCCOC)CC3)CC2)c2ncccc2c1. The molecule has 0 bridgehead atoms. The number of likely N-dealkylation sites (tertiary alicyclic amines) is 1. The summed E-state index contributed by atoms with van der Waals surface area (Å²) in [6.45, 7) is 7.02. The Balaban J connectivity index is 1.21. The zero-order valence-corrected chi connectivity index (χ0v) is 23.8. The summed E-state index contributed by atoms with van der Waals surface area (Å²) in [5.74, 6) is 2.11. The lowest BCUT2D eigenvalue weighted by Crippen LogP contribution is -2.42. The van der Waals surface area contributed by atoms with Crippen LogP contribution in [0.3, 0.4) is 0 Å². The number of ether oxygens (including phenoxy) is 2. The molecule has 2 aromatic rings. The molecule has 1 aliphatic heterocycles. The summed E-state index contributed by atoms with van der Waals surface area (Å²) < 4.78 is 11.7. The van der Waals surface area contributed by atoms with Gasteiger partial charge in [0.1, 0.15) is 17.4 Å². The number of fused-ring (bicyclic) bond motifs is 1. The van der Waals surface area contributed by atoms with E-state index >= 15 is 0 Å². The second-order valence-corrected chi connectivity index (χ2v) is 11.5. The molecule has 6 nitrogen and oxygen atoms in total. The van der Waals surface area contributed by atoms with E-state index in [1.54, 1.807) is 7.11 Å². The zero-order chi connectivity index (χ0) is 26.6. The highest BCUT2D eigenvalue weighted by Crippen LogP contribution is 2.32. The van der Waals surface area contributed by atoms with Gasteiger partial charge in [-0.05, 0) is 87.5 Å². The first-order chi connectivity index (χ1) is 18.7. The number of methoxy groups -OCH3 is 1. The van der Waals surface area contributed by atoms with Gasteiger partial charge in [-0.2, -0.15) is 0 Å². The van der Waals surface area contributed by atoms with Crippen molar-refractivity contribution in [3.8, 4) is 5.75 Å². The molecule has 0 atom stereocenters. The molecule has 1 saturated carbocycles. The minimum Gasteiger partial charge on any atom is -0.488 e. The van der Waals surface area contributed by atoms with Gasteiger partial charge in [-0.25, -0.2) is 0 Å². The Morgan fingerprint density at radius 1 is 1.05 bits per heavy atom. The van der Waals surface area contributed by atoms with Gasteiger partial charge >= 0.3 is 0 Å². The molecule has 1 saturated heterocycles. The maximum atomic E-state index is 12.4. The maximum absolute atomic E-state index is 12.4. The molecule has 1 aromatic carbocycles. The van der Waals surface area contributed by atoms with Gasteiger partial charge in [0.15, 0.2) is 0 Å². The van der Waals surface area contributed by atoms with Crippen LogP contribution >= 0.6 is 0 Å². The highest BCUT2D eigenvalue weighted by molar-refractivity contribution is 5.85. The number of benzene rings is 1. The summed E-state index contributed by atoms with van der Waals surface area (Å²) in [4.78, 5) is 19.7. The van der Waals surface area contributed by atoms with E-state index in [4.69, 9.17) is 9.47 Å². The quantitative estimate of drug-likeness (QED) is 0.301. The number of nitrogens with one attached hydrogen (secondary N) is 1. The van der Waals surface area contributed by atoms with Crippen LogP contribution in [0.5, 0.6) is 5.75 Å². The van der Waals surface area contributed by atoms with Gasteiger partial charge in [0, 0.05) is 57.4 Å². The van der Waals surface area contributed by atoms with Gasteiger partial charge in [0.25, 0.3) is 0 Å². The Labute approximate surface area is 229 Å². The number of unbranched alkanes of at least 4 members (excludes halogenated alkanes) is 3. The fourth-order valence-corrected chi connectivity index (χ4v) is 6.14. The van der Waals surface area contributed by atoms with Crippen LogP contribution in [0.2, 0.25) is 0 Å². The van der Waals surface area contributed by atoms with E-state index in [0.29, 0.717) is 12.5 Å². The van der Waals surface area contributed by atoms with Crippen molar-refractivity contribution in [3.05, 3.63) is 36.0 Å². The summed E-state index contributed by atoms with van der Waals surface area (Å²) in [6, 6.07) is 8.73. The Morgan fingerprint density at radius 3 is 2.63 bits per heavy atom. The Kier molecular flexibility index (Phi) is 11.7. The van der Waals surface area contributed by atoms with E-state index in [1.807, 2.05) is 12.3 Å². The molecule has 2 fully saturated rings. The van der Waals surface area contributed by atoms with Crippen molar-refractivity contribution >= 4 is 16.8 Å². The lowest BCUT2D eigenvalue weighted by atomic mass is 9.81. The summed E-state index contributed by atoms with van der Waals surface area (Å²) in [5, 5.41) is 4.28. The predicted octanol–water partition coefficient (Wildman–Crippen LogP) is 6.16. The molecule has 38 heavy (non-hydrogen) atoms. The number of hydrogen-bond acceptors (Lipinski definition) is 5.